The second-order valence-corrected chi connectivity index (χ2v) is 5.68. The molecule has 0 spiro atoms. The number of aromatic nitrogens is 4. The molecule has 2 aromatic rings. The molecule has 3 heterocycles. The third-order valence-electron chi connectivity index (χ3n) is 3.73. The normalized spacial score (nSPS) is 16.7. The van der Waals surface area contributed by atoms with Gasteiger partial charge in [-0.3, -0.25) is 9.13 Å². The summed E-state index contributed by atoms with van der Waals surface area (Å²) in [5.74, 6) is 0. The monoisotopic (exact) mass is 312 g/mol. The van der Waals surface area contributed by atoms with Crippen molar-refractivity contribution in [1.82, 2.24) is 19.1 Å². The van der Waals surface area contributed by atoms with Gasteiger partial charge in [0.25, 0.3) is 0 Å². The van der Waals surface area contributed by atoms with Gasteiger partial charge < -0.3 is 4.74 Å². The lowest BCUT2D eigenvalue weighted by atomic mass is 10.1. The van der Waals surface area contributed by atoms with E-state index in [2.05, 4.69) is 9.97 Å². The molecule has 1 aliphatic heterocycles. The smallest absolute Gasteiger partial charge is 0.330 e. The van der Waals surface area contributed by atoms with Crippen molar-refractivity contribution in [2.75, 3.05) is 26.1 Å². The second kappa shape index (κ2) is 6.15. The maximum atomic E-state index is 12.7. The molecule has 0 saturated carbocycles. The molecular weight excluding hydrogens is 295 g/mol. The minimum atomic E-state index is -0.586. The minimum absolute atomic E-state index is 0.0352. The molecule has 0 bridgehead atoms. The maximum absolute atomic E-state index is 12.7. The molecule has 0 amide bonds. The Kier molecular flexibility index (Phi) is 4.25. The molecular formula is C13H17FN4O2S. The Morgan fingerprint density at radius 2 is 2.24 bits per heavy atom. The van der Waals surface area contributed by atoms with Crippen LogP contribution in [0.1, 0.15) is 18.9 Å². The summed E-state index contributed by atoms with van der Waals surface area (Å²) in [7, 11) is 0. The van der Waals surface area contributed by atoms with E-state index in [9.17, 15) is 9.18 Å². The summed E-state index contributed by atoms with van der Waals surface area (Å²) in [6.07, 6.45) is 5.04. The molecule has 21 heavy (non-hydrogen) atoms. The van der Waals surface area contributed by atoms with E-state index in [4.69, 9.17) is 4.74 Å². The molecule has 0 N–H and O–H groups in total. The zero-order valence-electron chi connectivity index (χ0n) is 11.8. The topological polar surface area (TPSA) is 61.9 Å². The second-order valence-electron chi connectivity index (χ2n) is 4.90. The lowest BCUT2D eigenvalue weighted by Gasteiger charge is -2.22. The minimum Gasteiger partial charge on any atom is -0.381 e. The number of fused-ring (bicyclic) bond motifs is 1. The van der Waals surface area contributed by atoms with Crippen molar-refractivity contribution in [2.45, 2.75) is 30.6 Å². The first-order valence-corrected chi connectivity index (χ1v) is 8.14. The number of nitrogens with zero attached hydrogens (tertiary/aromatic N) is 4. The van der Waals surface area contributed by atoms with Crippen LogP contribution in [0.15, 0.2) is 16.1 Å². The average molecular weight is 312 g/mol. The number of hydrogen-bond acceptors (Lipinski definition) is 5. The van der Waals surface area contributed by atoms with Gasteiger partial charge in [0.1, 0.15) is 12.2 Å². The Bertz CT molecular complexity index is 693. The first-order chi connectivity index (χ1) is 10.3. The standard InChI is InChI=1S/C13H17FN4O2S/c1-21-12-15-8-10-11(16-12)18(9-2-6-20-7-3-9)13(19)17(10)5-4-14/h8-9H,2-7H2,1H3. The number of thioether (sulfide) groups is 1. The molecule has 1 aliphatic rings. The van der Waals surface area contributed by atoms with Gasteiger partial charge in [0.05, 0.1) is 12.7 Å². The van der Waals surface area contributed by atoms with Gasteiger partial charge in [0.15, 0.2) is 10.8 Å². The molecule has 114 valence electrons. The van der Waals surface area contributed by atoms with Crippen LogP contribution in [0.3, 0.4) is 0 Å². The molecule has 3 rings (SSSR count). The van der Waals surface area contributed by atoms with Crippen LogP contribution >= 0.6 is 11.8 Å². The predicted octanol–water partition coefficient (Wildman–Crippen LogP) is 1.64. The third kappa shape index (κ3) is 2.57. The summed E-state index contributed by atoms with van der Waals surface area (Å²) in [5, 5.41) is 0.612. The van der Waals surface area contributed by atoms with E-state index in [-0.39, 0.29) is 18.3 Å². The fourth-order valence-corrected chi connectivity index (χ4v) is 3.05. The van der Waals surface area contributed by atoms with E-state index in [1.54, 1.807) is 10.8 Å². The van der Waals surface area contributed by atoms with Gasteiger partial charge >= 0.3 is 5.69 Å². The van der Waals surface area contributed by atoms with Crippen LogP contribution < -0.4 is 5.69 Å². The largest absolute Gasteiger partial charge is 0.381 e. The summed E-state index contributed by atoms with van der Waals surface area (Å²) in [6.45, 7) is 0.714. The number of rotatable bonds is 4. The van der Waals surface area contributed by atoms with Crippen LogP contribution in [0.2, 0.25) is 0 Å². The van der Waals surface area contributed by atoms with Crippen LogP contribution in [0, 0.1) is 0 Å². The van der Waals surface area contributed by atoms with E-state index in [1.165, 1.54) is 16.3 Å². The molecule has 2 aromatic heterocycles. The Hall–Kier alpha value is -1.41. The Morgan fingerprint density at radius 1 is 1.48 bits per heavy atom. The number of alkyl halides is 1. The number of hydrogen-bond donors (Lipinski definition) is 0. The lowest BCUT2D eigenvalue weighted by molar-refractivity contribution is 0.0694. The van der Waals surface area contributed by atoms with Crippen LogP contribution in [0.5, 0.6) is 0 Å². The Balaban J connectivity index is 2.19. The van der Waals surface area contributed by atoms with Crippen molar-refractivity contribution in [1.29, 1.82) is 0 Å². The van der Waals surface area contributed by atoms with E-state index in [0.29, 0.717) is 29.5 Å². The SMILES string of the molecule is CSc1ncc2c(n1)n(C1CCOCC1)c(=O)n2CCF. The van der Waals surface area contributed by atoms with Crippen LogP contribution in [-0.4, -0.2) is 45.2 Å². The molecule has 0 radical (unpaired) electrons. The zero-order chi connectivity index (χ0) is 14.8. The maximum Gasteiger partial charge on any atom is 0.330 e. The van der Waals surface area contributed by atoms with Crippen molar-refractivity contribution in [2.24, 2.45) is 0 Å². The first kappa shape index (κ1) is 14.5. The van der Waals surface area contributed by atoms with Crippen molar-refractivity contribution < 1.29 is 9.13 Å². The summed E-state index contributed by atoms with van der Waals surface area (Å²) in [6, 6.07) is 0.0548. The van der Waals surface area contributed by atoms with Crippen LogP contribution in [-0.2, 0) is 11.3 Å². The molecule has 8 heteroatoms. The molecule has 1 saturated heterocycles. The van der Waals surface area contributed by atoms with Gasteiger partial charge in [-0.2, -0.15) is 0 Å². The van der Waals surface area contributed by atoms with E-state index in [0.717, 1.165) is 12.8 Å². The van der Waals surface area contributed by atoms with E-state index < -0.39 is 6.67 Å². The number of aryl methyl sites for hydroxylation is 1. The molecule has 0 aromatic carbocycles. The highest BCUT2D eigenvalue weighted by Crippen LogP contribution is 2.24. The van der Waals surface area contributed by atoms with Crippen molar-refractivity contribution in [3.63, 3.8) is 0 Å². The average Bonchev–Trinajstić information content (AvgIpc) is 2.80. The van der Waals surface area contributed by atoms with Crippen molar-refractivity contribution >= 4 is 22.9 Å². The quantitative estimate of drug-likeness (QED) is 0.634. The molecule has 0 atom stereocenters. The summed E-state index contributed by atoms with van der Waals surface area (Å²) < 4.78 is 21.2. The van der Waals surface area contributed by atoms with Gasteiger partial charge in [-0.15, -0.1) is 0 Å². The Labute approximate surface area is 125 Å². The van der Waals surface area contributed by atoms with Gasteiger partial charge in [0.2, 0.25) is 0 Å². The van der Waals surface area contributed by atoms with E-state index >= 15 is 0 Å². The summed E-state index contributed by atoms with van der Waals surface area (Å²) in [5.41, 5.74) is 0.990. The van der Waals surface area contributed by atoms with Crippen molar-refractivity contribution in [3.05, 3.63) is 16.7 Å². The number of imidazole rings is 1. The highest BCUT2D eigenvalue weighted by Gasteiger charge is 2.24. The number of halogens is 1. The van der Waals surface area contributed by atoms with Crippen molar-refractivity contribution in [3.8, 4) is 0 Å². The lowest BCUT2D eigenvalue weighted by Crippen LogP contribution is -2.31. The molecule has 6 nitrogen and oxygen atoms in total. The van der Waals surface area contributed by atoms with E-state index in [1.807, 2.05) is 6.26 Å². The molecule has 0 aliphatic carbocycles. The van der Waals surface area contributed by atoms with Gasteiger partial charge in [-0.05, 0) is 19.1 Å². The Morgan fingerprint density at radius 3 is 2.90 bits per heavy atom. The third-order valence-corrected chi connectivity index (χ3v) is 4.29. The molecule has 1 fully saturated rings. The molecule has 0 unspecified atom stereocenters. The predicted molar refractivity (Wildman–Crippen MR) is 78.6 cm³/mol. The van der Waals surface area contributed by atoms with Crippen LogP contribution in [0.25, 0.3) is 11.2 Å². The van der Waals surface area contributed by atoms with Gasteiger partial charge in [-0.1, -0.05) is 11.8 Å². The highest BCUT2D eigenvalue weighted by atomic mass is 32.2. The summed E-state index contributed by atoms with van der Waals surface area (Å²) >= 11 is 1.42. The van der Waals surface area contributed by atoms with Gasteiger partial charge in [0, 0.05) is 19.3 Å². The highest BCUT2D eigenvalue weighted by molar-refractivity contribution is 7.98. The van der Waals surface area contributed by atoms with Crippen LogP contribution in [0.4, 0.5) is 4.39 Å². The van der Waals surface area contributed by atoms with Gasteiger partial charge in [-0.25, -0.2) is 19.2 Å². The first-order valence-electron chi connectivity index (χ1n) is 6.91. The number of ether oxygens (including phenoxy) is 1. The zero-order valence-corrected chi connectivity index (χ0v) is 12.6. The fraction of sp³-hybridized carbons (Fsp3) is 0.615. The summed E-state index contributed by atoms with van der Waals surface area (Å²) in [4.78, 5) is 21.3. The fourth-order valence-electron chi connectivity index (χ4n) is 2.71.